The summed E-state index contributed by atoms with van der Waals surface area (Å²) >= 11 is 1.42. The van der Waals surface area contributed by atoms with Gasteiger partial charge in [0.1, 0.15) is 12.4 Å². The van der Waals surface area contributed by atoms with E-state index in [4.69, 9.17) is 4.74 Å². The third kappa shape index (κ3) is 4.75. The Morgan fingerprint density at radius 3 is 2.88 bits per heavy atom. The number of thioether (sulfide) groups is 1. The Morgan fingerprint density at radius 2 is 2.16 bits per heavy atom. The Labute approximate surface area is 152 Å². The predicted octanol–water partition coefficient (Wildman–Crippen LogP) is 2.86. The highest BCUT2D eigenvalue weighted by molar-refractivity contribution is 7.99. The lowest BCUT2D eigenvalue weighted by Crippen LogP contribution is -2.27. The van der Waals surface area contributed by atoms with Crippen LogP contribution in [0.3, 0.4) is 0 Å². The van der Waals surface area contributed by atoms with E-state index in [-0.39, 0.29) is 5.91 Å². The number of carbonyl (C=O) groups excluding carboxylic acids is 1. The Hall–Kier alpha value is -2.02. The minimum absolute atomic E-state index is 0.0614. The molecule has 1 aromatic carbocycles. The van der Waals surface area contributed by atoms with E-state index in [2.05, 4.69) is 27.6 Å². The number of nitrogens with zero attached hydrogens (tertiary/aromatic N) is 3. The summed E-state index contributed by atoms with van der Waals surface area (Å²) in [5, 5.41) is 12.2. The highest BCUT2D eigenvalue weighted by atomic mass is 32.2. The van der Waals surface area contributed by atoms with Crippen molar-refractivity contribution in [1.29, 1.82) is 0 Å². The van der Waals surface area contributed by atoms with E-state index in [1.807, 2.05) is 31.4 Å². The van der Waals surface area contributed by atoms with Crippen molar-refractivity contribution in [3.8, 4) is 5.75 Å². The Bertz CT molecular complexity index is 756. The number of aromatic nitrogens is 3. The summed E-state index contributed by atoms with van der Waals surface area (Å²) in [5.74, 6) is 2.07. The number of aryl methyl sites for hydroxylation is 2. The van der Waals surface area contributed by atoms with Gasteiger partial charge in [0.15, 0.2) is 11.0 Å². The minimum Gasteiger partial charge on any atom is -0.485 e. The summed E-state index contributed by atoms with van der Waals surface area (Å²) in [4.78, 5) is 11.8. The van der Waals surface area contributed by atoms with E-state index in [0.29, 0.717) is 18.4 Å². The monoisotopic (exact) mass is 360 g/mol. The summed E-state index contributed by atoms with van der Waals surface area (Å²) in [7, 11) is 0. The van der Waals surface area contributed by atoms with Crippen LogP contribution in [0.5, 0.6) is 5.75 Å². The van der Waals surface area contributed by atoms with Gasteiger partial charge in [-0.15, -0.1) is 10.2 Å². The maximum absolute atomic E-state index is 11.8. The van der Waals surface area contributed by atoms with Crippen LogP contribution in [0, 0.1) is 13.8 Å². The fourth-order valence-electron chi connectivity index (χ4n) is 2.48. The molecule has 0 aliphatic heterocycles. The van der Waals surface area contributed by atoms with Gasteiger partial charge in [0.25, 0.3) is 0 Å². The van der Waals surface area contributed by atoms with E-state index in [0.717, 1.165) is 47.2 Å². The summed E-state index contributed by atoms with van der Waals surface area (Å²) in [5.41, 5.74) is 2.26. The Balaban J connectivity index is 1.60. The molecule has 1 saturated carbocycles. The van der Waals surface area contributed by atoms with Crippen LogP contribution in [0.4, 0.5) is 0 Å². The molecule has 1 aliphatic carbocycles. The third-order valence-electron chi connectivity index (χ3n) is 4.08. The molecule has 0 unspecified atom stereocenters. The molecule has 0 radical (unpaired) electrons. The van der Waals surface area contributed by atoms with E-state index in [1.165, 1.54) is 11.8 Å². The molecule has 1 aliphatic rings. The van der Waals surface area contributed by atoms with Crippen LogP contribution in [0.2, 0.25) is 0 Å². The van der Waals surface area contributed by atoms with Crippen molar-refractivity contribution >= 4 is 17.7 Å². The zero-order valence-corrected chi connectivity index (χ0v) is 15.7. The summed E-state index contributed by atoms with van der Waals surface area (Å²) in [6.07, 6.45) is 2.20. The van der Waals surface area contributed by atoms with Crippen molar-refractivity contribution in [3.63, 3.8) is 0 Å². The van der Waals surface area contributed by atoms with Crippen LogP contribution in [0.1, 0.15) is 36.7 Å². The zero-order valence-electron chi connectivity index (χ0n) is 14.9. The molecule has 3 rings (SSSR count). The molecule has 6 nitrogen and oxygen atoms in total. The van der Waals surface area contributed by atoms with Gasteiger partial charge in [-0.25, -0.2) is 0 Å². The minimum atomic E-state index is 0.0614. The second kappa shape index (κ2) is 7.91. The van der Waals surface area contributed by atoms with Gasteiger partial charge in [0.05, 0.1) is 5.75 Å². The number of hydrogen-bond acceptors (Lipinski definition) is 5. The number of rotatable bonds is 8. The predicted molar refractivity (Wildman–Crippen MR) is 97.8 cm³/mol. The molecule has 0 atom stereocenters. The van der Waals surface area contributed by atoms with Crippen LogP contribution >= 0.6 is 11.8 Å². The van der Waals surface area contributed by atoms with Gasteiger partial charge in [-0.2, -0.15) is 0 Å². The molecular formula is C18H24N4O2S. The molecule has 1 heterocycles. The molecule has 0 bridgehead atoms. The topological polar surface area (TPSA) is 69.0 Å². The van der Waals surface area contributed by atoms with Crippen LogP contribution in [0.25, 0.3) is 0 Å². The Kier molecular flexibility index (Phi) is 5.63. The summed E-state index contributed by atoms with van der Waals surface area (Å²) in [6.45, 7) is 7.21. The fourth-order valence-corrected chi connectivity index (χ4v) is 3.31. The highest BCUT2D eigenvalue weighted by Crippen LogP contribution is 2.23. The van der Waals surface area contributed by atoms with Crippen molar-refractivity contribution in [3.05, 3.63) is 35.2 Å². The second-order valence-corrected chi connectivity index (χ2v) is 7.27. The van der Waals surface area contributed by atoms with Gasteiger partial charge in [0.2, 0.25) is 5.91 Å². The van der Waals surface area contributed by atoms with E-state index >= 15 is 0 Å². The molecule has 134 valence electrons. The van der Waals surface area contributed by atoms with E-state index < -0.39 is 0 Å². The molecule has 1 amide bonds. The number of nitrogens with one attached hydrogen (secondary N) is 1. The quantitative estimate of drug-likeness (QED) is 0.733. The normalized spacial score (nSPS) is 13.7. The average molecular weight is 360 g/mol. The summed E-state index contributed by atoms with van der Waals surface area (Å²) in [6, 6.07) is 6.53. The van der Waals surface area contributed by atoms with Gasteiger partial charge in [0, 0.05) is 12.6 Å². The number of carbonyl (C=O) groups is 1. The maximum Gasteiger partial charge on any atom is 0.230 e. The smallest absolute Gasteiger partial charge is 0.230 e. The molecule has 1 aromatic heterocycles. The molecular weight excluding hydrogens is 336 g/mol. The number of amides is 1. The first-order valence-corrected chi connectivity index (χ1v) is 9.59. The van der Waals surface area contributed by atoms with Gasteiger partial charge < -0.3 is 14.6 Å². The molecule has 7 heteroatoms. The average Bonchev–Trinajstić information content (AvgIpc) is 3.31. The third-order valence-corrected chi connectivity index (χ3v) is 5.05. The van der Waals surface area contributed by atoms with Crippen LogP contribution < -0.4 is 10.1 Å². The van der Waals surface area contributed by atoms with Crippen LogP contribution in [-0.2, 0) is 17.9 Å². The lowest BCUT2D eigenvalue weighted by Gasteiger charge is -2.11. The Morgan fingerprint density at radius 1 is 1.36 bits per heavy atom. The number of benzene rings is 1. The molecule has 0 saturated heterocycles. The zero-order chi connectivity index (χ0) is 17.8. The van der Waals surface area contributed by atoms with Crippen molar-refractivity contribution in [2.75, 3.05) is 5.75 Å². The standard InChI is InChI=1S/C18H24N4O2S/c1-4-22-16(10-24-15-9-12(2)5-6-13(15)3)20-21-18(22)25-11-17(23)19-14-7-8-14/h5-6,9,14H,4,7-8,10-11H2,1-3H3,(H,19,23). The van der Waals surface area contributed by atoms with Gasteiger partial charge in [-0.1, -0.05) is 23.9 Å². The largest absolute Gasteiger partial charge is 0.485 e. The van der Waals surface area contributed by atoms with Crippen molar-refractivity contribution in [1.82, 2.24) is 20.1 Å². The maximum atomic E-state index is 11.8. The highest BCUT2D eigenvalue weighted by Gasteiger charge is 2.23. The van der Waals surface area contributed by atoms with E-state index in [1.54, 1.807) is 0 Å². The lowest BCUT2D eigenvalue weighted by atomic mass is 10.1. The lowest BCUT2D eigenvalue weighted by molar-refractivity contribution is -0.118. The van der Waals surface area contributed by atoms with Crippen LogP contribution in [-0.4, -0.2) is 32.5 Å². The van der Waals surface area contributed by atoms with Crippen LogP contribution in [0.15, 0.2) is 23.4 Å². The number of ether oxygens (including phenoxy) is 1. The first-order valence-electron chi connectivity index (χ1n) is 8.61. The summed E-state index contributed by atoms with van der Waals surface area (Å²) < 4.78 is 7.93. The first kappa shape index (κ1) is 17.8. The molecule has 0 spiro atoms. The first-order chi connectivity index (χ1) is 12.1. The van der Waals surface area contributed by atoms with Crippen molar-refractivity contribution in [2.24, 2.45) is 0 Å². The molecule has 2 aromatic rings. The van der Waals surface area contributed by atoms with Gasteiger partial charge >= 0.3 is 0 Å². The SMILES string of the molecule is CCn1c(COc2cc(C)ccc2C)nnc1SCC(=O)NC1CC1. The van der Waals surface area contributed by atoms with Crippen molar-refractivity contribution < 1.29 is 9.53 Å². The van der Waals surface area contributed by atoms with Crippen molar-refractivity contribution in [2.45, 2.75) is 58.0 Å². The van der Waals surface area contributed by atoms with Gasteiger partial charge in [-0.3, -0.25) is 4.79 Å². The number of hydrogen-bond donors (Lipinski definition) is 1. The van der Waals surface area contributed by atoms with Gasteiger partial charge in [-0.05, 0) is 50.8 Å². The molecule has 1 fully saturated rings. The second-order valence-electron chi connectivity index (χ2n) is 6.33. The fraction of sp³-hybridized carbons (Fsp3) is 0.500. The van der Waals surface area contributed by atoms with E-state index in [9.17, 15) is 4.79 Å². The molecule has 1 N–H and O–H groups in total. The molecule has 25 heavy (non-hydrogen) atoms.